The van der Waals surface area contributed by atoms with Gasteiger partial charge in [-0.2, -0.15) is 0 Å². The van der Waals surface area contributed by atoms with Gasteiger partial charge in [-0.05, 0) is 25.8 Å². The van der Waals surface area contributed by atoms with E-state index in [9.17, 15) is 8.42 Å². The number of sulfonamides is 1. The molecule has 1 heterocycles. The molecule has 1 rings (SSSR count). The van der Waals surface area contributed by atoms with Crippen molar-refractivity contribution in [2.24, 2.45) is 5.92 Å². The predicted molar refractivity (Wildman–Crippen MR) is 63.9 cm³/mol. The summed E-state index contributed by atoms with van der Waals surface area (Å²) >= 11 is 0. The van der Waals surface area contributed by atoms with Crippen molar-refractivity contribution in [2.75, 3.05) is 32.1 Å². The van der Waals surface area contributed by atoms with E-state index in [1.165, 1.54) is 0 Å². The summed E-state index contributed by atoms with van der Waals surface area (Å²) in [7, 11) is -3.20. The van der Waals surface area contributed by atoms with Crippen molar-refractivity contribution in [1.29, 1.82) is 0 Å². The first-order valence-corrected chi connectivity index (χ1v) is 7.49. The van der Waals surface area contributed by atoms with Crippen molar-refractivity contribution >= 4 is 10.0 Å². The van der Waals surface area contributed by atoms with E-state index in [1.807, 2.05) is 6.92 Å². The third-order valence-corrected chi connectivity index (χ3v) is 4.23. The molecule has 2 atom stereocenters. The van der Waals surface area contributed by atoms with E-state index in [2.05, 4.69) is 17.0 Å². The predicted octanol–water partition coefficient (Wildman–Crippen LogP) is -0.0597. The van der Waals surface area contributed by atoms with Crippen LogP contribution in [0, 0.1) is 5.92 Å². The molecule has 0 aliphatic carbocycles. The first-order chi connectivity index (χ1) is 7.55. The maximum atomic E-state index is 11.7. The van der Waals surface area contributed by atoms with Gasteiger partial charge in [-0.25, -0.2) is 13.1 Å². The van der Waals surface area contributed by atoms with Crippen LogP contribution >= 0.6 is 0 Å². The van der Waals surface area contributed by atoms with Crippen LogP contribution in [0.25, 0.3) is 0 Å². The van der Waals surface area contributed by atoms with Crippen LogP contribution in [0.4, 0.5) is 0 Å². The van der Waals surface area contributed by atoms with E-state index in [4.69, 9.17) is 4.74 Å². The minimum atomic E-state index is -3.20. The van der Waals surface area contributed by atoms with Gasteiger partial charge in [0.05, 0.1) is 12.4 Å². The molecule has 0 aromatic rings. The Hall–Kier alpha value is -0.170. The van der Waals surface area contributed by atoms with Crippen molar-refractivity contribution in [2.45, 2.75) is 26.3 Å². The van der Waals surface area contributed by atoms with E-state index in [1.54, 1.807) is 0 Å². The molecular formula is C10H22N2O3S. The minimum absolute atomic E-state index is 0.0142. The van der Waals surface area contributed by atoms with Crippen molar-refractivity contribution in [1.82, 2.24) is 10.0 Å². The number of piperidine rings is 1. The summed E-state index contributed by atoms with van der Waals surface area (Å²) in [4.78, 5) is 0. The summed E-state index contributed by atoms with van der Waals surface area (Å²) in [5.74, 6) is 0.437. The van der Waals surface area contributed by atoms with Crippen LogP contribution in [-0.4, -0.2) is 46.5 Å². The topological polar surface area (TPSA) is 67.4 Å². The second-order valence-corrected chi connectivity index (χ2v) is 6.08. The van der Waals surface area contributed by atoms with E-state index in [0.717, 1.165) is 19.5 Å². The Morgan fingerprint density at radius 1 is 1.50 bits per heavy atom. The van der Waals surface area contributed by atoms with Gasteiger partial charge >= 0.3 is 0 Å². The molecule has 0 saturated carbocycles. The molecule has 6 heteroatoms. The van der Waals surface area contributed by atoms with Gasteiger partial charge in [0.1, 0.15) is 0 Å². The van der Waals surface area contributed by atoms with Gasteiger partial charge in [-0.3, -0.25) is 0 Å². The molecular weight excluding hydrogens is 228 g/mol. The summed E-state index contributed by atoms with van der Waals surface area (Å²) in [6.45, 7) is 6.44. The molecule has 2 unspecified atom stereocenters. The van der Waals surface area contributed by atoms with Gasteiger partial charge in [0.2, 0.25) is 10.0 Å². The number of ether oxygens (including phenoxy) is 1. The lowest BCUT2D eigenvalue weighted by molar-refractivity contribution is 0.163. The highest BCUT2D eigenvalue weighted by atomic mass is 32.2. The van der Waals surface area contributed by atoms with Crippen LogP contribution in [0.15, 0.2) is 0 Å². The quantitative estimate of drug-likeness (QED) is 0.648. The van der Waals surface area contributed by atoms with Gasteiger partial charge in [-0.1, -0.05) is 6.92 Å². The van der Waals surface area contributed by atoms with Gasteiger partial charge in [0.25, 0.3) is 0 Å². The molecule has 16 heavy (non-hydrogen) atoms. The molecule has 0 aromatic carbocycles. The fourth-order valence-electron chi connectivity index (χ4n) is 1.75. The highest BCUT2D eigenvalue weighted by Gasteiger charge is 2.25. The van der Waals surface area contributed by atoms with Crippen LogP contribution in [0.1, 0.15) is 20.3 Å². The zero-order valence-corrected chi connectivity index (χ0v) is 10.8. The van der Waals surface area contributed by atoms with E-state index >= 15 is 0 Å². The highest BCUT2D eigenvalue weighted by Crippen LogP contribution is 2.12. The molecule has 0 radical (unpaired) electrons. The summed E-state index contributed by atoms with van der Waals surface area (Å²) in [6, 6.07) is 0.0142. The van der Waals surface area contributed by atoms with E-state index in [-0.39, 0.29) is 18.4 Å². The molecule has 0 spiro atoms. The van der Waals surface area contributed by atoms with Crippen LogP contribution < -0.4 is 10.0 Å². The standard InChI is InChI=1S/C10H22N2O3S/c1-3-15-6-7-16(13,14)12-10-8-11-5-4-9(10)2/h9-12H,3-8H2,1-2H3. The summed E-state index contributed by atoms with van der Waals surface area (Å²) in [5.41, 5.74) is 0. The van der Waals surface area contributed by atoms with Crippen molar-refractivity contribution < 1.29 is 13.2 Å². The third kappa shape index (κ3) is 4.78. The van der Waals surface area contributed by atoms with Crippen molar-refractivity contribution in [3.8, 4) is 0 Å². The Labute approximate surface area is 98.0 Å². The Morgan fingerprint density at radius 3 is 2.88 bits per heavy atom. The second-order valence-electron chi connectivity index (χ2n) is 4.21. The highest BCUT2D eigenvalue weighted by molar-refractivity contribution is 7.89. The summed E-state index contributed by atoms with van der Waals surface area (Å²) < 4.78 is 31.2. The maximum Gasteiger partial charge on any atom is 0.214 e. The molecule has 0 amide bonds. The summed E-state index contributed by atoms with van der Waals surface area (Å²) in [6.07, 6.45) is 1.01. The van der Waals surface area contributed by atoms with E-state index in [0.29, 0.717) is 12.5 Å². The lowest BCUT2D eigenvalue weighted by Gasteiger charge is -2.29. The summed E-state index contributed by atoms with van der Waals surface area (Å²) in [5, 5.41) is 3.20. The lowest BCUT2D eigenvalue weighted by atomic mass is 9.96. The first kappa shape index (κ1) is 13.9. The zero-order valence-electron chi connectivity index (χ0n) is 10.0. The average molecular weight is 250 g/mol. The largest absolute Gasteiger partial charge is 0.381 e. The van der Waals surface area contributed by atoms with Gasteiger partial charge in [0.15, 0.2) is 0 Å². The number of nitrogens with one attached hydrogen (secondary N) is 2. The van der Waals surface area contributed by atoms with E-state index < -0.39 is 10.0 Å². The van der Waals surface area contributed by atoms with Crippen molar-refractivity contribution in [3.05, 3.63) is 0 Å². The van der Waals surface area contributed by atoms with Crippen LogP contribution in [-0.2, 0) is 14.8 Å². The van der Waals surface area contributed by atoms with Crippen LogP contribution in [0.2, 0.25) is 0 Å². The Balaban J connectivity index is 2.38. The van der Waals surface area contributed by atoms with Gasteiger partial charge < -0.3 is 10.1 Å². The number of rotatable bonds is 6. The molecule has 1 aliphatic heterocycles. The molecule has 2 N–H and O–H groups in total. The Morgan fingerprint density at radius 2 is 2.25 bits per heavy atom. The molecule has 96 valence electrons. The van der Waals surface area contributed by atoms with Crippen LogP contribution in [0.5, 0.6) is 0 Å². The molecule has 1 aliphatic rings. The minimum Gasteiger partial charge on any atom is -0.381 e. The zero-order chi connectivity index (χ0) is 12.0. The monoisotopic (exact) mass is 250 g/mol. The molecule has 0 bridgehead atoms. The first-order valence-electron chi connectivity index (χ1n) is 5.83. The molecule has 0 aromatic heterocycles. The fraction of sp³-hybridized carbons (Fsp3) is 1.00. The smallest absolute Gasteiger partial charge is 0.214 e. The molecule has 1 fully saturated rings. The maximum absolute atomic E-state index is 11.7. The third-order valence-electron chi connectivity index (χ3n) is 2.86. The Bertz CT molecular complexity index is 292. The SMILES string of the molecule is CCOCCS(=O)(=O)NC1CNCCC1C. The number of hydrogen-bond acceptors (Lipinski definition) is 4. The second kappa shape index (κ2) is 6.54. The number of hydrogen-bond donors (Lipinski definition) is 2. The molecule has 5 nitrogen and oxygen atoms in total. The molecule has 1 saturated heterocycles. The average Bonchev–Trinajstić information content (AvgIpc) is 2.21. The normalized spacial score (nSPS) is 26.9. The lowest BCUT2D eigenvalue weighted by Crippen LogP contribution is -2.50. The Kier molecular flexibility index (Phi) is 5.68. The van der Waals surface area contributed by atoms with Gasteiger partial charge in [0, 0.05) is 19.2 Å². The van der Waals surface area contributed by atoms with Crippen molar-refractivity contribution in [3.63, 3.8) is 0 Å². The fourth-order valence-corrected chi connectivity index (χ4v) is 2.98. The van der Waals surface area contributed by atoms with Gasteiger partial charge in [-0.15, -0.1) is 0 Å². The van der Waals surface area contributed by atoms with Crippen LogP contribution in [0.3, 0.4) is 0 Å².